The molecule has 2 N–H and O–H groups in total. The highest BCUT2D eigenvalue weighted by Crippen LogP contribution is 2.14. The maximum Gasteiger partial charge on any atom is 0.274 e. The van der Waals surface area contributed by atoms with Crippen molar-refractivity contribution in [3.05, 3.63) is 34.5 Å². The van der Waals surface area contributed by atoms with Gasteiger partial charge in [0.15, 0.2) is 0 Å². The number of furan rings is 1. The van der Waals surface area contributed by atoms with Crippen LogP contribution >= 0.6 is 11.3 Å². The van der Waals surface area contributed by atoms with Crippen molar-refractivity contribution in [1.29, 1.82) is 0 Å². The maximum absolute atomic E-state index is 12.0. The molecule has 0 aliphatic carbocycles. The van der Waals surface area contributed by atoms with Crippen molar-refractivity contribution in [2.45, 2.75) is 18.2 Å². The Balaban J connectivity index is 1.89. The summed E-state index contributed by atoms with van der Waals surface area (Å²) in [7, 11) is -2.04. The van der Waals surface area contributed by atoms with Crippen molar-refractivity contribution in [3.63, 3.8) is 0 Å². The van der Waals surface area contributed by atoms with Crippen LogP contribution in [0, 0.1) is 0 Å². The summed E-state index contributed by atoms with van der Waals surface area (Å²) in [4.78, 5) is 4.02. The minimum atomic E-state index is -3.66. The second-order valence-electron chi connectivity index (χ2n) is 4.19. The molecule has 0 aromatic carbocycles. The molecule has 0 saturated heterocycles. The summed E-state index contributed by atoms with van der Waals surface area (Å²) in [5, 5.41) is 4.77. The molecule has 7 nitrogen and oxygen atoms in total. The lowest BCUT2D eigenvalue weighted by molar-refractivity contribution is 0.198. The normalized spacial score (nSPS) is 11.9. The zero-order chi connectivity index (χ0) is 15.1. The van der Waals surface area contributed by atoms with E-state index in [1.54, 1.807) is 24.1 Å². The van der Waals surface area contributed by atoms with E-state index in [0.29, 0.717) is 31.2 Å². The third-order valence-electron chi connectivity index (χ3n) is 2.61. The number of nitrogens with one attached hydrogen (secondary N) is 2. The number of aromatic nitrogens is 1. The van der Waals surface area contributed by atoms with E-state index in [1.165, 1.54) is 17.4 Å². The van der Waals surface area contributed by atoms with Gasteiger partial charge in [0.2, 0.25) is 5.09 Å². The van der Waals surface area contributed by atoms with Gasteiger partial charge >= 0.3 is 0 Å². The predicted octanol–water partition coefficient (Wildman–Crippen LogP) is 0.951. The Morgan fingerprint density at radius 1 is 1.38 bits per heavy atom. The molecule has 2 aromatic rings. The Kier molecular flexibility index (Phi) is 5.88. The summed E-state index contributed by atoms with van der Waals surface area (Å²) in [6.45, 7) is 1.85. The average Bonchev–Trinajstić information content (AvgIpc) is 3.13. The highest BCUT2D eigenvalue weighted by molar-refractivity contribution is 7.89. The molecular formula is C12H17N3O4S2. The third kappa shape index (κ3) is 4.90. The standard InChI is InChI=1S/C12H17N3O4S2/c1-18-5-4-13-7-11-2-3-12(19-11)21(16,17)15-6-10-8-20-9-14-10/h2-3,8-9,13,15H,4-7H2,1H3. The van der Waals surface area contributed by atoms with Crippen LogP contribution in [0.25, 0.3) is 0 Å². The SMILES string of the molecule is COCCNCc1ccc(S(=O)(=O)NCc2cscn2)o1. The lowest BCUT2D eigenvalue weighted by atomic mass is 10.4. The second-order valence-corrected chi connectivity index (χ2v) is 6.61. The van der Waals surface area contributed by atoms with Crippen molar-refractivity contribution in [3.8, 4) is 0 Å². The average molecular weight is 331 g/mol. The van der Waals surface area contributed by atoms with Crippen molar-refractivity contribution in [1.82, 2.24) is 15.0 Å². The van der Waals surface area contributed by atoms with Gasteiger partial charge in [0, 0.05) is 19.0 Å². The lowest BCUT2D eigenvalue weighted by Crippen LogP contribution is -2.23. The molecule has 0 aliphatic heterocycles. The first-order valence-corrected chi connectivity index (χ1v) is 8.69. The minimum Gasteiger partial charge on any atom is -0.447 e. The fraction of sp³-hybridized carbons (Fsp3) is 0.417. The summed E-state index contributed by atoms with van der Waals surface area (Å²) in [6, 6.07) is 3.08. The molecule has 0 unspecified atom stereocenters. The molecule has 9 heteroatoms. The number of methoxy groups -OCH3 is 1. The molecule has 0 atom stereocenters. The number of nitrogens with zero attached hydrogens (tertiary/aromatic N) is 1. The van der Waals surface area contributed by atoms with Gasteiger partial charge in [0.05, 0.1) is 30.9 Å². The van der Waals surface area contributed by atoms with Crippen molar-refractivity contribution < 1.29 is 17.6 Å². The smallest absolute Gasteiger partial charge is 0.274 e. The van der Waals surface area contributed by atoms with Crippen molar-refractivity contribution in [2.75, 3.05) is 20.3 Å². The Morgan fingerprint density at radius 3 is 2.95 bits per heavy atom. The first-order chi connectivity index (χ1) is 10.1. The van der Waals surface area contributed by atoms with E-state index in [0.717, 1.165) is 0 Å². The van der Waals surface area contributed by atoms with Crippen LogP contribution in [0.1, 0.15) is 11.5 Å². The van der Waals surface area contributed by atoms with Crippen LogP contribution < -0.4 is 10.0 Å². The van der Waals surface area contributed by atoms with Crippen LogP contribution in [0.15, 0.2) is 32.5 Å². The van der Waals surface area contributed by atoms with E-state index in [9.17, 15) is 8.42 Å². The van der Waals surface area contributed by atoms with Gasteiger partial charge in [-0.05, 0) is 12.1 Å². The largest absolute Gasteiger partial charge is 0.447 e. The minimum absolute atomic E-state index is 0.0960. The second kappa shape index (κ2) is 7.66. The van der Waals surface area contributed by atoms with E-state index in [1.807, 2.05) is 0 Å². The van der Waals surface area contributed by atoms with Crippen molar-refractivity contribution >= 4 is 21.4 Å². The van der Waals surface area contributed by atoms with Crippen LogP contribution in [-0.4, -0.2) is 33.7 Å². The first-order valence-electron chi connectivity index (χ1n) is 6.27. The Bertz CT molecular complexity index is 637. The van der Waals surface area contributed by atoms with E-state index in [4.69, 9.17) is 9.15 Å². The third-order valence-corrected chi connectivity index (χ3v) is 4.52. The van der Waals surface area contributed by atoms with Crippen LogP contribution in [0.5, 0.6) is 0 Å². The molecule has 2 aromatic heterocycles. The summed E-state index contributed by atoms with van der Waals surface area (Å²) in [5.74, 6) is 0.556. The molecule has 0 bridgehead atoms. The van der Waals surface area contributed by atoms with Crippen LogP contribution in [-0.2, 0) is 27.8 Å². The molecule has 2 heterocycles. The van der Waals surface area contributed by atoms with Crippen LogP contribution in [0.4, 0.5) is 0 Å². The Hall–Kier alpha value is -1.26. The van der Waals surface area contributed by atoms with E-state index in [-0.39, 0.29) is 11.6 Å². The fourth-order valence-corrected chi connectivity index (χ4v) is 3.05. The fourth-order valence-electron chi connectivity index (χ4n) is 1.55. The maximum atomic E-state index is 12.0. The molecule has 0 aliphatic rings. The molecule has 0 amide bonds. The predicted molar refractivity (Wildman–Crippen MR) is 78.4 cm³/mol. The van der Waals surface area contributed by atoms with Crippen molar-refractivity contribution in [2.24, 2.45) is 0 Å². The quantitative estimate of drug-likeness (QED) is 0.665. The van der Waals surface area contributed by atoms with Gasteiger partial charge in [0.25, 0.3) is 10.0 Å². The molecule has 0 spiro atoms. The number of hydrogen-bond acceptors (Lipinski definition) is 7. The van der Waals surface area contributed by atoms with Gasteiger partial charge in [-0.2, -0.15) is 0 Å². The highest BCUT2D eigenvalue weighted by atomic mass is 32.2. The number of thiazole rings is 1. The highest BCUT2D eigenvalue weighted by Gasteiger charge is 2.18. The van der Waals surface area contributed by atoms with Crippen LogP contribution in [0.2, 0.25) is 0 Å². The van der Waals surface area contributed by atoms with Gasteiger partial charge in [-0.3, -0.25) is 0 Å². The molecular weight excluding hydrogens is 314 g/mol. The molecule has 0 radical (unpaired) electrons. The summed E-state index contributed by atoms with van der Waals surface area (Å²) in [5.41, 5.74) is 2.33. The zero-order valence-corrected chi connectivity index (χ0v) is 13.2. The van der Waals surface area contributed by atoms with Crippen LogP contribution in [0.3, 0.4) is 0 Å². The summed E-state index contributed by atoms with van der Waals surface area (Å²) in [6.07, 6.45) is 0. The van der Waals surface area contributed by atoms with Gasteiger partial charge in [-0.15, -0.1) is 11.3 Å². The van der Waals surface area contributed by atoms with E-state index in [2.05, 4.69) is 15.0 Å². The van der Waals surface area contributed by atoms with E-state index >= 15 is 0 Å². The molecule has 116 valence electrons. The van der Waals surface area contributed by atoms with E-state index < -0.39 is 10.0 Å². The molecule has 21 heavy (non-hydrogen) atoms. The van der Waals surface area contributed by atoms with Gasteiger partial charge in [0.1, 0.15) is 5.76 Å². The Labute approximate surface area is 127 Å². The number of rotatable bonds is 9. The monoisotopic (exact) mass is 331 g/mol. The Morgan fingerprint density at radius 2 is 2.24 bits per heavy atom. The van der Waals surface area contributed by atoms with Gasteiger partial charge in [-0.25, -0.2) is 18.1 Å². The molecule has 0 saturated carbocycles. The van der Waals surface area contributed by atoms with Gasteiger partial charge < -0.3 is 14.5 Å². The van der Waals surface area contributed by atoms with Gasteiger partial charge in [-0.1, -0.05) is 0 Å². The zero-order valence-electron chi connectivity index (χ0n) is 11.5. The summed E-state index contributed by atoms with van der Waals surface area (Å²) >= 11 is 1.42. The lowest BCUT2D eigenvalue weighted by Gasteiger charge is -2.03. The molecule has 2 rings (SSSR count). The number of sulfonamides is 1. The molecule has 0 fully saturated rings. The topological polar surface area (TPSA) is 93.5 Å². The number of ether oxygens (including phenoxy) is 1. The summed E-state index contributed by atoms with van der Waals surface area (Å²) < 4.78 is 36.8. The first kappa shape index (κ1) is 16.1. The number of hydrogen-bond donors (Lipinski definition) is 2.